The second-order valence-corrected chi connectivity index (χ2v) is 6.60. The first kappa shape index (κ1) is 15.3. The first-order chi connectivity index (χ1) is 9.94. The van der Waals surface area contributed by atoms with Crippen LogP contribution >= 0.6 is 0 Å². The molecule has 2 rings (SSSR count). The number of carbonyl (C=O) groups excluding carboxylic acids is 1. The van der Waals surface area contributed by atoms with E-state index in [-0.39, 0.29) is 11.3 Å². The first-order valence-electron chi connectivity index (χ1n) is 7.35. The van der Waals surface area contributed by atoms with Crippen LogP contribution in [0.3, 0.4) is 0 Å². The summed E-state index contributed by atoms with van der Waals surface area (Å²) in [6, 6.07) is 17.8. The Labute approximate surface area is 127 Å². The minimum Gasteiger partial charge on any atom is -0.348 e. The Balaban J connectivity index is 1.94. The van der Waals surface area contributed by atoms with Gasteiger partial charge in [0.1, 0.15) is 0 Å². The predicted molar refractivity (Wildman–Crippen MR) is 87.2 cm³/mol. The maximum atomic E-state index is 12.1. The SMILES string of the molecule is CC(C)(C)Cc1ccc(C(=O)NCc2ccccc2)cc1. The van der Waals surface area contributed by atoms with Gasteiger partial charge in [-0.05, 0) is 35.1 Å². The molecule has 2 nitrogen and oxygen atoms in total. The lowest BCUT2D eigenvalue weighted by molar-refractivity contribution is 0.0951. The number of nitrogens with one attached hydrogen (secondary N) is 1. The van der Waals surface area contributed by atoms with Crippen molar-refractivity contribution in [3.05, 3.63) is 71.3 Å². The van der Waals surface area contributed by atoms with Gasteiger partial charge in [0.25, 0.3) is 5.91 Å². The number of hydrogen-bond acceptors (Lipinski definition) is 1. The molecule has 0 aliphatic heterocycles. The zero-order chi connectivity index (χ0) is 15.3. The summed E-state index contributed by atoms with van der Waals surface area (Å²) in [7, 11) is 0. The van der Waals surface area contributed by atoms with E-state index in [0.717, 1.165) is 12.0 Å². The number of amides is 1. The Hall–Kier alpha value is -2.09. The molecule has 1 N–H and O–H groups in total. The van der Waals surface area contributed by atoms with Crippen molar-refractivity contribution >= 4 is 5.91 Å². The van der Waals surface area contributed by atoms with Gasteiger partial charge in [0.05, 0.1) is 0 Å². The van der Waals surface area contributed by atoms with Gasteiger partial charge in [-0.25, -0.2) is 0 Å². The largest absolute Gasteiger partial charge is 0.348 e. The highest BCUT2D eigenvalue weighted by atomic mass is 16.1. The van der Waals surface area contributed by atoms with Crippen LogP contribution < -0.4 is 5.32 Å². The summed E-state index contributed by atoms with van der Waals surface area (Å²) in [6.07, 6.45) is 1.01. The number of benzene rings is 2. The second-order valence-electron chi connectivity index (χ2n) is 6.60. The topological polar surface area (TPSA) is 29.1 Å². The van der Waals surface area contributed by atoms with Crippen molar-refractivity contribution in [1.29, 1.82) is 0 Å². The highest BCUT2D eigenvalue weighted by molar-refractivity contribution is 5.94. The van der Waals surface area contributed by atoms with Crippen LogP contribution in [-0.2, 0) is 13.0 Å². The molecule has 21 heavy (non-hydrogen) atoms. The Bertz CT molecular complexity index is 579. The van der Waals surface area contributed by atoms with E-state index >= 15 is 0 Å². The van der Waals surface area contributed by atoms with Crippen molar-refractivity contribution in [2.75, 3.05) is 0 Å². The van der Waals surface area contributed by atoms with Gasteiger partial charge in [-0.3, -0.25) is 4.79 Å². The van der Waals surface area contributed by atoms with Crippen molar-refractivity contribution in [2.24, 2.45) is 5.41 Å². The molecule has 2 aromatic rings. The van der Waals surface area contributed by atoms with E-state index in [9.17, 15) is 4.79 Å². The van der Waals surface area contributed by atoms with Gasteiger partial charge in [-0.2, -0.15) is 0 Å². The summed E-state index contributed by atoms with van der Waals surface area (Å²) in [4.78, 5) is 12.1. The third-order valence-corrected chi connectivity index (χ3v) is 3.25. The lowest BCUT2D eigenvalue weighted by Gasteiger charge is -2.18. The van der Waals surface area contributed by atoms with Crippen LogP contribution in [0.2, 0.25) is 0 Å². The first-order valence-corrected chi connectivity index (χ1v) is 7.35. The van der Waals surface area contributed by atoms with E-state index in [2.05, 4.69) is 26.1 Å². The summed E-state index contributed by atoms with van der Waals surface area (Å²) in [5, 5.41) is 2.94. The molecule has 0 heterocycles. The lowest BCUT2D eigenvalue weighted by Crippen LogP contribution is -2.22. The van der Waals surface area contributed by atoms with Crippen LogP contribution in [0.4, 0.5) is 0 Å². The summed E-state index contributed by atoms with van der Waals surface area (Å²) in [6.45, 7) is 7.21. The second kappa shape index (κ2) is 6.57. The zero-order valence-electron chi connectivity index (χ0n) is 13.0. The number of rotatable bonds is 4. The molecule has 0 atom stereocenters. The molecule has 0 fully saturated rings. The summed E-state index contributed by atoms with van der Waals surface area (Å²) in [5.41, 5.74) is 3.35. The molecule has 110 valence electrons. The van der Waals surface area contributed by atoms with Crippen LogP contribution in [0.25, 0.3) is 0 Å². The van der Waals surface area contributed by atoms with Crippen LogP contribution in [0, 0.1) is 5.41 Å². The zero-order valence-corrected chi connectivity index (χ0v) is 13.0. The standard InChI is InChI=1S/C19H23NO/c1-19(2,3)13-15-9-11-17(12-10-15)18(21)20-14-16-7-5-4-6-8-16/h4-12H,13-14H2,1-3H3,(H,20,21). The van der Waals surface area contributed by atoms with E-state index in [0.29, 0.717) is 12.1 Å². The number of hydrogen-bond donors (Lipinski definition) is 1. The average Bonchev–Trinajstić information content (AvgIpc) is 2.45. The third kappa shape index (κ3) is 5.07. The Morgan fingerprint density at radius 2 is 1.52 bits per heavy atom. The predicted octanol–water partition coefficient (Wildman–Crippen LogP) is 4.21. The molecule has 0 aromatic heterocycles. The smallest absolute Gasteiger partial charge is 0.251 e. The molecular formula is C19H23NO. The monoisotopic (exact) mass is 281 g/mol. The third-order valence-electron chi connectivity index (χ3n) is 3.25. The Kier molecular flexibility index (Phi) is 4.79. The van der Waals surface area contributed by atoms with Gasteiger partial charge in [0.2, 0.25) is 0 Å². The molecule has 0 radical (unpaired) electrons. The van der Waals surface area contributed by atoms with Crippen LogP contribution in [-0.4, -0.2) is 5.91 Å². The quantitative estimate of drug-likeness (QED) is 0.894. The average molecular weight is 281 g/mol. The highest BCUT2D eigenvalue weighted by Crippen LogP contribution is 2.20. The van der Waals surface area contributed by atoms with Gasteiger partial charge in [-0.1, -0.05) is 63.2 Å². The summed E-state index contributed by atoms with van der Waals surface area (Å²) >= 11 is 0. The van der Waals surface area contributed by atoms with Crippen molar-refractivity contribution in [1.82, 2.24) is 5.32 Å². The maximum absolute atomic E-state index is 12.1. The molecule has 0 aliphatic rings. The fourth-order valence-corrected chi connectivity index (χ4v) is 2.27. The summed E-state index contributed by atoms with van der Waals surface area (Å²) in [5.74, 6) is -0.0267. The van der Waals surface area contributed by atoms with Crippen molar-refractivity contribution < 1.29 is 4.79 Å². The molecule has 0 saturated carbocycles. The Morgan fingerprint density at radius 1 is 0.905 bits per heavy atom. The van der Waals surface area contributed by atoms with Crippen molar-refractivity contribution in [3.8, 4) is 0 Å². The molecular weight excluding hydrogens is 258 g/mol. The molecule has 2 heteroatoms. The molecule has 0 saturated heterocycles. The maximum Gasteiger partial charge on any atom is 0.251 e. The fraction of sp³-hybridized carbons (Fsp3) is 0.316. The van der Waals surface area contributed by atoms with Gasteiger partial charge >= 0.3 is 0 Å². The normalized spacial score (nSPS) is 11.2. The number of carbonyl (C=O) groups is 1. The molecule has 0 aliphatic carbocycles. The van der Waals surface area contributed by atoms with E-state index < -0.39 is 0 Å². The van der Waals surface area contributed by atoms with Gasteiger partial charge < -0.3 is 5.32 Å². The highest BCUT2D eigenvalue weighted by Gasteiger charge is 2.12. The van der Waals surface area contributed by atoms with E-state index in [1.54, 1.807) is 0 Å². The molecule has 0 spiro atoms. The van der Waals surface area contributed by atoms with Crippen molar-refractivity contribution in [2.45, 2.75) is 33.7 Å². The lowest BCUT2D eigenvalue weighted by atomic mass is 9.88. The molecule has 0 bridgehead atoms. The van der Waals surface area contributed by atoms with Gasteiger partial charge in [-0.15, -0.1) is 0 Å². The fourth-order valence-electron chi connectivity index (χ4n) is 2.27. The van der Waals surface area contributed by atoms with Crippen LogP contribution in [0.5, 0.6) is 0 Å². The van der Waals surface area contributed by atoms with E-state index in [1.807, 2.05) is 54.6 Å². The van der Waals surface area contributed by atoms with E-state index in [4.69, 9.17) is 0 Å². The van der Waals surface area contributed by atoms with Crippen LogP contribution in [0.15, 0.2) is 54.6 Å². The molecule has 2 aromatic carbocycles. The minimum atomic E-state index is -0.0267. The Morgan fingerprint density at radius 3 is 2.10 bits per heavy atom. The molecule has 0 unspecified atom stereocenters. The van der Waals surface area contributed by atoms with E-state index in [1.165, 1.54) is 5.56 Å². The van der Waals surface area contributed by atoms with Gasteiger partial charge in [0, 0.05) is 12.1 Å². The van der Waals surface area contributed by atoms with Crippen molar-refractivity contribution in [3.63, 3.8) is 0 Å². The summed E-state index contributed by atoms with van der Waals surface area (Å²) < 4.78 is 0. The van der Waals surface area contributed by atoms with Gasteiger partial charge in [0.15, 0.2) is 0 Å². The minimum absolute atomic E-state index is 0.0267. The van der Waals surface area contributed by atoms with Crippen LogP contribution in [0.1, 0.15) is 42.3 Å². The molecule has 1 amide bonds.